The highest BCUT2D eigenvalue weighted by Crippen LogP contribution is 2.44. The summed E-state index contributed by atoms with van der Waals surface area (Å²) in [6, 6.07) is 3.35. The molecule has 1 aromatic rings. The SMILES string of the molecule is C=CCC(CC(=O)NCc1cc(C(F)(F)F)ccc1O[Si](C(C)C)(C(C)C)C(C)C)(C(=O)O)C(C)C. The number of allylic oxidation sites excluding steroid dienone is 1. The monoisotopic (exact) mass is 529 g/mol. The molecule has 204 valence electrons. The molecule has 36 heavy (non-hydrogen) atoms. The van der Waals surface area contributed by atoms with Gasteiger partial charge in [-0.1, -0.05) is 61.5 Å². The molecular formula is C27H42F3NO4Si. The zero-order chi connectivity index (χ0) is 28.1. The largest absolute Gasteiger partial charge is 0.542 e. The minimum atomic E-state index is -4.56. The second-order valence-electron chi connectivity index (χ2n) is 10.8. The maximum Gasteiger partial charge on any atom is 0.416 e. The first-order chi connectivity index (χ1) is 16.4. The van der Waals surface area contributed by atoms with E-state index in [1.807, 2.05) is 0 Å². The van der Waals surface area contributed by atoms with Gasteiger partial charge in [-0.15, -0.1) is 6.58 Å². The van der Waals surface area contributed by atoms with Gasteiger partial charge >= 0.3 is 12.1 Å². The molecule has 0 aliphatic heterocycles. The number of amides is 1. The van der Waals surface area contributed by atoms with Crippen LogP contribution in [0.3, 0.4) is 0 Å². The Morgan fingerprint density at radius 2 is 1.58 bits per heavy atom. The summed E-state index contributed by atoms with van der Waals surface area (Å²) >= 11 is 0. The Kier molecular flexibility index (Phi) is 10.8. The van der Waals surface area contributed by atoms with Crippen molar-refractivity contribution in [1.82, 2.24) is 5.32 Å². The van der Waals surface area contributed by atoms with Crippen LogP contribution in [0.2, 0.25) is 16.6 Å². The van der Waals surface area contributed by atoms with Crippen LogP contribution in [0.15, 0.2) is 30.9 Å². The predicted molar refractivity (Wildman–Crippen MR) is 139 cm³/mol. The summed E-state index contributed by atoms with van der Waals surface area (Å²) in [5.41, 5.74) is -1.38. The van der Waals surface area contributed by atoms with Crippen molar-refractivity contribution in [3.05, 3.63) is 42.0 Å². The normalized spacial score (nSPS) is 14.3. The highest BCUT2D eigenvalue weighted by atomic mass is 28.4. The molecule has 0 bridgehead atoms. The van der Waals surface area contributed by atoms with E-state index < -0.39 is 37.3 Å². The van der Waals surface area contributed by atoms with E-state index in [2.05, 4.69) is 53.4 Å². The minimum Gasteiger partial charge on any atom is -0.542 e. The summed E-state index contributed by atoms with van der Waals surface area (Å²) in [7, 11) is -2.48. The van der Waals surface area contributed by atoms with Crippen LogP contribution in [0.5, 0.6) is 5.75 Å². The molecule has 0 radical (unpaired) electrons. The Balaban J connectivity index is 3.41. The van der Waals surface area contributed by atoms with Gasteiger partial charge in [-0.2, -0.15) is 13.2 Å². The summed E-state index contributed by atoms with van der Waals surface area (Å²) in [5, 5.41) is 12.5. The number of aliphatic carboxylic acids is 1. The maximum absolute atomic E-state index is 13.5. The molecule has 1 atom stereocenters. The lowest BCUT2D eigenvalue weighted by Crippen LogP contribution is -2.51. The van der Waals surface area contributed by atoms with Crippen LogP contribution in [-0.4, -0.2) is 25.3 Å². The number of hydrogen-bond donors (Lipinski definition) is 2. The summed E-state index contributed by atoms with van der Waals surface area (Å²) in [4.78, 5) is 24.9. The van der Waals surface area contributed by atoms with E-state index in [9.17, 15) is 27.9 Å². The molecule has 0 saturated carbocycles. The van der Waals surface area contributed by atoms with Crippen LogP contribution < -0.4 is 9.74 Å². The first-order valence-electron chi connectivity index (χ1n) is 12.5. The molecule has 0 aliphatic rings. The Morgan fingerprint density at radius 3 is 1.97 bits per heavy atom. The van der Waals surface area contributed by atoms with E-state index in [0.717, 1.165) is 12.1 Å². The lowest BCUT2D eigenvalue weighted by Gasteiger charge is -2.42. The molecule has 0 fully saturated rings. The average molecular weight is 530 g/mol. The van der Waals surface area contributed by atoms with Crippen molar-refractivity contribution in [2.24, 2.45) is 11.3 Å². The molecule has 2 N–H and O–H groups in total. The van der Waals surface area contributed by atoms with E-state index in [0.29, 0.717) is 5.75 Å². The molecule has 0 aromatic heterocycles. The van der Waals surface area contributed by atoms with E-state index in [1.165, 1.54) is 12.1 Å². The fourth-order valence-corrected chi connectivity index (χ4v) is 10.5. The molecule has 1 amide bonds. The van der Waals surface area contributed by atoms with Crippen LogP contribution in [0.1, 0.15) is 79.4 Å². The topological polar surface area (TPSA) is 75.6 Å². The van der Waals surface area contributed by atoms with Crippen molar-refractivity contribution in [3.8, 4) is 5.75 Å². The number of halogens is 3. The zero-order valence-electron chi connectivity index (χ0n) is 22.8. The fourth-order valence-electron chi connectivity index (χ4n) is 5.26. The van der Waals surface area contributed by atoms with Gasteiger partial charge in [0.15, 0.2) is 0 Å². The molecule has 1 rings (SSSR count). The van der Waals surface area contributed by atoms with Crippen LogP contribution in [-0.2, 0) is 22.3 Å². The highest BCUT2D eigenvalue weighted by molar-refractivity contribution is 6.78. The first-order valence-corrected chi connectivity index (χ1v) is 14.6. The van der Waals surface area contributed by atoms with Crippen LogP contribution in [0.25, 0.3) is 0 Å². The maximum atomic E-state index is 13.5. The highest BCUT2D eigenvalue weighted by Gasteiger charge is 2.47. The molecule has 1 unspecified atom stereocenters. The van der Waals surface area contributed by atoms with E-state index in [4.69, 9.17) is 4.43 Å². The van der Waals surface area contributed by atoms with Crippen LogP contribution >= 0.6 is 0 Å². The Labute approximate surface area is 214 Å². The fraction of sp³-hybridized carbons (Fsp3) is 0.630. The van der Waals surface area contributed by atoms with Gasteiger partial charge in [0, 0.05) is 18.5 Å². The summed E-state index contributed by atoms with van der Waals surface area (Å²) in [6.45, 7) is 19.3. The molecule has 9 heteroatoms. The number of carbonyl (C=O) groups is 2. The van der Waals surface area contributed by atoms with Crippen molar-refractivity contribution >= 4 is 20.2 Å². The number of alkyl halides is 3. The van der Waals surface area contributed by atoms with Crippen molar-refractivity contribution in [2.45, 2.75) is 97.6 Å². The number of benzene rings is 1. The van der Waals surface area contributed by atoms with Crippen molar-refractivity contribution in [3.63, 3.8) is 0 Å². The third-order valence-corrected chi connectivity index (χ3v) is 13.4. The number of hydrogen-bond acceptors (Lipinski definition) is 3. The van der Waals surface area contributed by atoms with Gasteiger partial charge < -0.3 is 14.8 Å². The predicted octanol–water partition coefficient (Wildman–Crippen LogP) is 7.57. The van der Waals surface area contributed by atoms with Gasteiger partial charge in [-0.25, -0.2) is 0 Å². The van der Waals surface area contributed by atoms with Gasteiger partial charge in [0.05, 0.1) is 11.0 Å². The lowest BCUT2D eigenvalue weighted by molar-refractivity contribution is -0.155. The van der Waals surface area contributed by atoms with E-state index in [1.54, 1.807) is 13.8 Å². The van der Waals surface area contributed by atoms with Gasteiger partial charge in [0.2, 0.25) is 5.91 Å². The second-order valence-corrected chi connectivity index (χ2v) is 16.2. The summed E-state index contributed by atoms with van der Waals surface area (Å²) in [5.74, 6) is -1.71. The van der Waals surface area contributed by atoms with Gasteiger partial charge in [0.25, 0.3) is 8.32 Å². The first kappa shape index (κ1) is 31.7. The molecule has 0 heterocycles. The van der Waals surface area contributed by atoms with Gasteiger partial charge in [-0.3, -0.25) is 9.59 Å². The number of carbonyl (C=O) groups excluding carboxylic acids is 1. The van der Waals surface area contributed by atoms with Gasteiger partial charge in [-0.05, 0) is 47.2 Å². The average Bonchev–Trinajstić information content (AvgIpc) is 2.74. The molecule has 1 aromatic carbocycles. The van der Waals surface area contributed by atoms with E-state index in [-0.39, 0.29) is 47.5 Å². The molecule has 0 saturated heterocycles. The molecule has 5 nitrogen and oxygen atoms in total. The van der Waals surface area contributed by atoms with Gasteiger partial charge in [0.1, 0.15) is 5.75 Å². The number of nitrogens with one attached hydrogen (secondary N) is 1. The minimum absolute atomic E-state index is 0.0939. The van der Waals surface area contributed by atoms with Crippen LogP contribution in [0.4, 0.5) is 13.2 Å². The quantitative estimate of drug-likeness (QED) is 0.204. The van der Waals surface area contributed by atoms with Crippen molar-refractivity contribution in [2.75, 3.05) is 0 Å². The standard InChI is InChI=1S/C27H42F3NO4Si/c1-10-13-26(17(2)3,25(33)34)15-24(32)31-16-21-14-22(27(28,29)30)11-12-23(21)35-36(18(4)5,19(6)7)20(8)9/h10-12,14,17-20H,1,13,15-16H2,2-9H3,(H,31,32)(H,33,34). The Hall–Kier alpha value is -2.29. The molecule has 0 spiro atoms. The third-order valence-electron chi connectivity index (χ3n) is 7.37. The van der Waals surface area contributed by atoms with Crippen molar-refractivity contribution < 1.29 is 32.3 Å². The number of carboxylic acids is 1. The summed E-state index contributed by atoms with van der Waals surface area (Å²) < 4.78 is 47.2. The smallest absolute Gasteiger partial charge is 0.416 e. The van der Waals surface area contributed by atoms with Crippen molar-refractivity contribution in [1.29, 1.82) is 0 Å². The number of rotatable bonds is 13. The second kappa shape index (κ2) is 12.3. The van der Waals surface area contributed by atoms with E-state index >= 15 is 0 Å². The summed E-state index contributed by atoms with van der Waals surface area (Å²) in [6.07, 6.45) is -3.31. The Morgan fingerprint density at radius 1 is 1.06 bits per heavy atom. The zero-order valence-corrected chi connectivity index (χ0v) is 23.8. The molecular weight excluding hydrogens is 487 g/mol. The third kappa shape index (κ3) is 6.92. The lowest BCUT2D eigenvalue weighted by atomic mass is 9.71. The molecule has 0 aliphatic carbocycles. The number of carboxylic acid groups (broad SMARTS) is 1. The Bertz CT molecular complexity index is 906. The van der Waals surface area contributed by atoms with Crippen LogP contribution in [0, 0.1) is 11.3 Å².